The summed E-state index contributed by atoms with van der Waals surface area (Å²) in [5, 5.41) is 3.17. The summed E-state index contributed by atoms with van der Waals surface area (Å²) in [6, 6.07) is 5.88. The molecule has 1 fully saturated rings. The molecular formula is C16H24BrClN2O2. The van der Waals surface area contributed by atoms with Crippen molar-refractivity contribution in [1.29, 1.82) is 0 Å². The molecular weight excluding hydrogens is 368 g/mol. The first-order chi connectivity index (χ1) is 10.0. The summed E-state index contributed by atoms with van der Waals surface area (Å²) in [6.07, 6.45) is 2.23. The molecule has 4 nitrogen and oxygen atoms in total. The van der Waals surface area contributed by atoms with Crippen LogP contribution in [0.5, 0.6) is 5.75 Å². The van der Waals surface area contributed by atoms with Gasteiger partial charge in [-0.2, -0.15) is 0 Å². The number of likely N-dealkylation sites (N-methyl/N-ethyl adjacent to an activating group) is 1. The maximum absolute atomic E-state index is 12.7. The first-order valence-corrected chi connectivity index (χ1v) is 8.23. The summed E-state index contributed by atoms with van der Waals surface area (Å²) in [4.78, 5) is 14.7. The summed E-state index contributed by atoms with van der Waals surface area (Å²) >= 11 is 3.46. The van der Waals surface area contributed by atoms with Crippen molar-refractivity contribution in [3.63, 3.8) is 0 Å². The van der Waals surface area contributed by atoms with Crippen molar-refractivity contribution < 1.29 is 9.53 Å². The molecule has 1 heterocycles. The van der Waals surface area contributed by atoms with Gasteiger partial charge in [0.05, 0.1) is 6.10 Å². The van der Waals surface area contributed by atoms with E-state index < -0.39 is 0 Å². The van der Waals surface area contributed by atoms with Crippen molar-refractivity contribution in [2.24, 2.45) is 0 Å². The molecule has 1 aromatic rings. The second-order valence-electron chi connectivity index (χ2n) is 5.69. The van der Waals surface area contributed by atoms with E-state index >= 15 is 0 Å². The number of nitrogens with one attached hydrogen (secondary N) is 1. The van der Waals surface area contributed by atoms with Crippen molar-refractivity contribution in [3.8, 4) is 5.75 Å². The van der Waals surface area contributed by atoms with Crippen molar-refractivity contribution >= 4 is 34.2 Å². The van der Waals surface area contributed by atoms with Gasteiger partial charge in [0.2, 0.25) is 0 Å². The molecule has 0 aliphatic carbocycles. The predicted molar refractivity (Wildman–Crippen MR) is 95.1 cm³/mol. The molecule has 1 aliphatic heterocycles. The fraction of sp³-hybridized carbons (Fsp3) is 0.562. The predicted octanol–water partition coefficient (Wildman–Crippen LogP) is 3.48. The quantitative estimate of drug-likeness (QED) is 0.835. The number of rotatable bonds is 5. The summed E-state index contributed by atoms with van der Waals surface area (Å²) in [5.74, 6) is 0.815. The van der Waals surface area contributed by atoms with E-state index in [2.05, 4.69) is 21.2 Å². The number of ether oxygens (including phenoxy) is 1. The minimum absolute atomic E-state index is 0. The number of benzene rings is 1. The molecule has 1 amide bonds. The van der Waals surface area contributed by atoms with Crippen LogP contribution in [0.25, 0.3) is 0 Å². The lowest BCUT2D eigenvalue weighted by atomic mass is 10.1. The smallest absolute Gasteiger partial charge is 0.254 e. The van der Waals surface area contributed by atoms with Crippen LogP contribution in [0, 0.1) is 0 Å². The van der Waals surface area contributed by atoms with Gasteiger partial charge in [-0.1, -0.05) is 15.9 Å². The SMILES string of the molecule is CNCC1CCCN1C(=O)c1cc(Br)cc(OC(C)C)c1.Cl. The summed E-state index contributed by atoms with van der Waals surface area (Å²) < 4.78 is 6.58. The number of hydrogen-bond donors (Lipinski definition) is 1. The van der Waals surface area contributed by atoms with Crippen LogP contribution in [0.3, 0.4) is 0 Å². The van der Waals surface area contributed by atoms with E-state index in [0.717, 1.165) is 36.2 Å². The fourth-order valence-electron chi connectivity index (χ4n) is 2.74. The van der Waals surface area contributed by atoms with E-state index in [9.17, 15) is 4.79 Å². The molecule has 0 radical (unpaired) electrons. The highest BCUT2D eigenvalue weighted by atomic mass is 79.9. The molecule has 1 saturated heterocycles. The normalized spacial score (nSPS) is 17.5. The second-order valence-corrected chi connectivity index (χ2v) is 6.61. The number of hydrogen-bond acceptors (Lipinski definition) is 3. The Morgan fingerprint density at radius 3 is 2.82 bits per heavy atom. The molecule has 1 aromatic carbocycles. The standard InChI is InChI=1S/C16H23BrN2O2.ClH/c1-11(2)21-15-8-12(7-13(17)9-15)16(20)19-6-4-5-14(19)10-18-3;/h7-9,11,14,18H,4-6,10H2,1-3H3;1H. The second kappa shape index (κ2) is 8.75. The van der Waals surface area contributed by atoms with Crippen LogP contribution in [0.2, 0.25) is 0 Å². The van der Waals surface area contributed by atoms with E-state index in [-0.39, 0.29) is 30.5 Å². The van der Waals surface area contributed by atoms with E-state index in [1.54, 1.807) is 0 Å². The highest BCUT2D eigenvalue weighted by molar-refractivity contribution is 9.10. The Bertz CT molecular complexity index is 511. The Hall–Kier alpha value is -0.780. The van der Waals surface area contributed by atoms with Crippen molar-refractivity contribution in [2.75, 3.05) is 20.1 Å². The maximum atomic E-state index is 12.7. The fourth-order valence-corrected chi connectivity index (χ4v) is 3.22. The van der Waals surface area contributed by atoms with Crippen LogP contribution in [-0.2, 0) is 0 Å². The summed E-state index contributed by atoms with van der Waals surface area (Å²) in [6.45, 7) is 5.63. The number of nitrogens with zero attached hydrogens (tertiary/aromatic N) is 1. The maximum Gasteiger partial charge on any atom is 0.254 e. The van der Waals surface area contributed by atoms with Crippen LogP contribution >= 0.6 is 28.3 Å². The van der Waals surface area contributed by atoms with Gasteiger partial charge in [0.25, 0.3) is 5.91 Å². The van der Waals surface area contributed by atoms with Gasteiger partial charge in [0.15, 0.2) is 0 Å². The van der Waals surface area contributed by atoms with Crippen LogP contribution in [0.1, 0.15) is 37.0 Å². The first-order valence-electron chi connectivity index (χ1n) is 7.44. The molecule has 2 rings (SSSR count). The van der Waals surface area contributed by atoms with Crippen LogP contribution in [-0.4, -0.2) is 43.1 Å². The molecule has 0 spiro atoms. The number of likely N-dealkylation sites (tertiary alicyclic amines) is 1. The van der Waals surface area contributed by atoms with Crippen LogP contribution in [0.15, 0.2) is 22.7 Å². The average Bonchev–Trinajstić information content (AvgIpc) is 2.85. The Morgan fingerprint density at radius 1 is 1.45 bits per heavy atom. The van der Waals surface area contributed by atoms with Gasteiger partial charge in [-0.3, -0.25) is 4.79 Å². The van der Waals surface area contributed by atoms with Crippen molar-refractivity contribution in [2.45, 2.75) is 38.8 Å². The molecule has 1 atom stereocenters. The molecule has 1 unspecified atom stereocenters. The Balaban J connectivity index is 0.00000242. The Morgan fingerprint density at radius 2 is 2.18 bits per heavy atom. The van der Waals surface area contributed by atoms with E-state index in [0.29, 0.717) is 5.56 Å². The number of carbonyl (C=O) groups excluding carboxylic acids is 1. The first kappa shape index (κ1) is 19.3. The molecule has 6 heteroatoms. The lowest BCUT2D eigenvalue weighted by Gasteiger charge is -2.25. The zero-order valence-corrected chi connectivity index (χ0v) is 15.7. The van der Waals surface area contributed by atoms with Gasteiger partial charge in [0.1, 0.15) is 5.75 Å². The molecule has 0 aromatic heterocycles. The van der Waals surface area contributed by atoms with Gasteiger partial charge in [-0.15, -0.1) is 12.4 Å². The monoisotopic (exact) mass is 390 g/mol. The third kappa shape index (κ3) is 4.86. The Kier molecular flexibility index (Phi) is 7.66. The number of carbonyl (C=O) groups is 1. The summed E-state index contributed by atoms with van der Waals surface area (Å²) in [7, 11) is 1.93. The lowest BCUT2D eigenvalue weighted by molar-refractivity contribution is 0.0736. The van der Waals surface area contributed by atoms with E-state index in [1.807, 2.05) is 44.0 Å². The number of halogens is 2. The molecule has 0 saturated carbocycles. The topological polar surface area (TPSA) is 41.6 Å². The van der Waals surface area contributed by atoms with Gasteiger partial charge < -0.3 is 15.0 Å². The zero-order chi connectivity index (χ0) is 15.4. The van der Waals surface area contributed by atoms with Crippen molar-refractivity contribution in [1.82, 2.24) is 10.2 Å². The minimum atomic E-state index is 0. The van der Waals surface area contributed by atoms with Gasteiger partial charge in [-0.25, -0.2) is 0 Å². The molecule has 22 heavy (non-hydrogen) atoms. The molecule has 1 N–H and O–H groups in total. The van der Waals surface area contributed by atoms with Gasteiger partial charge >= 0.3 is 0 Å². The minimum Gasteiger partial charge on any atom is -0.491 e. The average molecular weight is 392 g/mol. The Labute approximate surface area is 147 Å². The lowest BCUT2D eigenvalue weighted by Crippen LogP contribution is -2.40. The molecule has 124 valence electrons. The van der Waals surface area contributed by atoms with Gasteiger partial charge in [-0.05, 0) is 51.9 Å². The van der Waals surface area contributed by atoms with Crippen LogP contribution in [0.4, 0.5) is 0 Å². The third-order valence-electron chi connectivity index (χ3n) is 3.57. The highest BCUT2D eigenvalue weighted by Gasteiger charge is 2.29. The third-order valence-corrected chi connectivity index (χ3v) is 4.03. The zero-order valence-electron chi connectivity index (χ0n) is 13.3. The molecule has 1 aliphatic rings. The van der Waals surface area contributed by atoms with Gasteiger partial charge in [0, 0.05) is 29.2 Å². The van der Waals surface area contributed by atoms with Crippen LogP contribution < -0.4 is 10.1 Å². The molecule has 0 bridgehead atoms. The summed E-state index contributed by atoms with van der Waals surface area (Å²) in [5.41, 5.74) is 0.683. The van der Waals surface area contributed by atoms with Crippen molar-refractivity contribution in [3.05, 3.63) is 28.2 Å². The van der Waals surface area contributed by atoms with E-state index in [4.69, 9.17) is 4.74 Å². The highest BCUT2D eigenvalue weighted by Crippen LogP contribution is 2.26. The number of amides is 1. The largest absolute Gasteiger partial charge is 0.491 e. The van der Waals surface area contributed by atoms with E-state index in [1.165, 1.54) is 0 Å².